The summed E-state index contributed by atoms with van der Waals surface area (Å²) in [5.74, 6) is 0.872. The van der Waals surface area contributed by atoms with Gasteiger partial charge >= 0.3 is 0 Å². The molecular weight excluding hydrogens is 228 g/mol. The van der Waals surface area contributed by atoms with E-state index in [1.54, 1.807) is 6.20 Å². The number of nitrogens with one attached hydrogen (secondary N) is 2. The molecule has 1 heterocycles. The van der Waals surface area contributed by atoms with Crippen molar-refractivity contribution >= 4 is 17.4 Å². The highest BCUT2D eigenvalue weighted by Crippen LogP contribution is 2.15. The molecule has 0 radical (unpaired) electrons. The number of nitrogens with zero attached hydrogens (tertiary/aromatic N) is 2. The second-order valence-electron chi connectivity index (χ2n) is 4.14. The van der Waals surface area contributed by atoms with Gasteiger partial charge in [-0.25, -0.2) is 4.98 Å². The maximum Gasteiger partial charge on any atom is 0.239 e. The molecule has 0 saturated carbocycles. The lowest BCUT2D eigenvalue weighted by Gasteiger charge is -2.19. The van der Waals surface area contributed by atoms with Gasteiger partial charge < -0.3 is 15.5 Å². The van der Waals surface area contributed by atoms with Gasteiger partial charge in [-0.3, -0.25) is 4.79 Å². The summed E-state index contributed by atoms with van der Waals surface area (Å²) in [7, 11) is 1.90. The van der Waals surface area contributed by atoms with E-state index in [1.807, 2.05) is 37.9 Å². The lowest BCUT2D eigenvalue weighted by molar-refractivity contribution is -0.119. The minimum atomic E-state index is 0.0427. The van der Waals surface area contributed by atoms with Gasteiger partial charge in [0.2, 0.25) is 5.91 Å². The molecule has 5 nitrogen and oxygen atoms in total. The molecule has 0 aromatic carbocycles. The van der Waals surface area contributed by atoms with Crippen molar-refractivity contribution in [2.24, 2.45) is 0 Å². The Balaban J connectivity index is 2.57. The highest BCUT2D eigenvalue weighted by atomic mass is 16.2. The molecule has 100 valence electrons. The third-order valence-electron chi connectivity index (χ3n) is 2.50. The van der Waals surface area contributed by atoms with E-state index in [4.69, 9.17) is 0 Å². The number of hydrogen-bond acceptors (Lipinski definition) is 4. The third kappa shape index (κ3) is 4.61. The van der Waals surface area contributed by atoms with E-state index in [1.165, 1.54) is 0 Å². The Hall–Kier alpha value is -1.78. The highest BCUT2D eigenvalue weighted by molar-refractivity contribution is 5.81. The van der Waals surface area contributed by atoms with Gasteiger partial charge in [0.1, 0.15) is 5.82 Å². The summed E-state index contributed by atoms with van der Waals surface area (Å²) in [5.41, 5.74) is 0.979. The number of rotatable bonds is 7. The molecule has 1 aromatic rings. The first-order valence-corrected chi connectivity index (χ1v) is 6.35. The Morgan fingerprint density at radius 1 is 1.44 bits per heavy atom. The summed E-state index contributed by atoms with van der Waals surface area (Å²) in [4.78, 5) is 17.7. The molecule has 0 atom stereocenters. The second-order valence-corrected chi connectivity index (χ2v) is 4.14. The molecule has 0 saturated heterocycles. The molecule has 0 aliphatic heterocycles. The van der Waals surface area contributed by atoms with Crippen LogP contribution in [-0.4, -0.2) is 37.6 Å². The first-order valence-electron chi connectivity index (χ1n) is 6.35. The predicted molar refractivity (Wildman–Crippen MR) is 75.0 cm³/mol. The van der Waals surface area contributed by atoms with Crippen molar-refractivity contribution < 1.29 is 4.79 Å². The van der Waals surface area contributed by atoms with Crippen LogP contribution in [-0.2, 0) is 4.79 Å². The van der Waals surface area contributed by atoms with E-state index in [9.17, 15) is 4.79 Å². The fourth-order valence-corrected chi connectivity index (χ4v) is 1.56. The lowest BCUT2D eigenvalue weighted by atomic mass is 10.3. The molecule has 0 spiro atoms. The van der Waals surface area contributed by atoms with Crippen molar-refractivity contribution in [1.29, 1.82) is 0 Å². The van der Waals surface area contributed by atoms with Crippen LogP contribution in [0.1, 0.15) is 20.3 Å². The smallest absolute Gasteiger partial charge is 0.239 e. The molecule has 1 rings (SSSR count). The quantitative estimate of drug-likeness (QED) is 0.769. The maximum atomic E-state index is 11.6. The molecule has 5 heteroatoms. The van der Waals surface area contributed by atoms with E-state index < -0.39 is 0 Å². The van der Waals surface area contributed by atoms with Gasteiger partial charge in [-0.15, -0.1) is 0 Å². The van der Waals surface area contributed by atoms with Gasteiger partial charge in [0.05, 0.1) is 6.54 Å². The third-order valence-corrected chi connectivity index (χ3v) is 2.50. The summed E-state index contributed by atoms with van der Waals surface area (Å²) in [5, 5.41) is 6.01. The van der Waals surface area contributed by atoms with Gasteiger partial charge in [-0.2, -0.15) is 0 Å². The molecular formula is C13H22N4O. The number of carbonyl (C=O) groups excluding carboxylic acids is 1. The van der Waals surface area contributed by atoms with Gasteiger partial charge in [0.15, 0.2) is 0 Å². The molecule has 0 aliphatic rings. The zero-order valence-corrected chi connectivity index (χ0v) is 11.4. The van der Waals surface area contributed by atoms with Crippen molar-refractivity contribution in [2.45, 2.75) is 20.3 Å². The van der Waals surface area contributed by atoms with Gasteiger partial charge in [0.25, 0.3) is 0 Å². The first-order chi connectivity index (χ1) is 8.67. The van der Waals surface area contributed by atoms with E-state index in [0.717, 1.165) is 31.0 Å². The van der Waals surface area contributed by atoms with E-state index >= 15 is 0 Å². The Kier molecular flexibility index (Phi) is 5.97. The summed E-state index contributed by atoms with van der Waals surface area (Å²) in [6.45, 7) is 5.98. The normalized spacial score (nSPS) is 9.94. The topological polar surface area (TPSA) is 57.3 Å². The Labute approximate surface area is 109 Å². The monoisotopic (exact) mass is 250 g/mol. The van der Waals surface area contributed by atoms with E-state index in [0.29, 0.717) is 6.54 Å². The van der Waals surface area contributed by atoms with Crippen LogP contribution >= 0.6 is 0 Å². The summed E-state index contributed by atoms with van der Waals surface area (Å²) in [6.07, 6.45) is 2.70. The predicted octanol–water partition coefficient (Wildman–Crippen LogP) is 1.48. The van der Waals surface area contributed by atoms with Crippen molar-refractivity contribution in [1.82, 2.24) is 10.3 Å². The number of aromatic nitrogens is 1. The van der Waals surface area contributed by atoms with E-state index in [-0.39, 0.29) is 5.91 Å². The summed E-state index contributed by atoms with van der Waals surface area (Å²) >= 11 is 0. The fourth-order valence-electron chi connectivity index (χ4n) is 1.56. The van der Waals surface area contributed by atoms with Gasteiger partial charge in [-0.1, -0.05) is 6.92 Å². The number of pyridine rings is 1. The van der Waals surface area contributed by atoms with Crippen molar-refractivity contribution in [3.8, 4) is 0 Å². The molecule has 1 aromatic heterocycles. The number of amides is 1. The van der Waals surface area contributed by atoms with Crippen LogP contribution in [0.3, 0.4) is 0 Å². The fraction of sp³-hybridized carbons (Fsp3) is 0.538. The van der Waals surface area contributed by atoms with Crippen LogP contribution in [0.4, 0.5) is 11.5 Å². The van der Waals surface area contributed by atoms with Crippen molar-refractivity contribution in [3.05, 3.63) is 18.3 Å². The number of anilines is 2. The molecule has 18 heavy (non-hydrogen) atoms. The van der Waals surface area contributed by atoms with Gasteiger partial charge in [-0.05, 0) is 19.4 Å². The zero-order valence-electron chi connectivity index (χ0n) is 11.4. The Bertz CT molecular complexity index is 381. The van der Waals surface area contributed by atoms with Crippen LogP contribution in [0.25, 0.3) is 0 Å². The number of carbonyl (C=O) groups is 1. The molecule has 1 amide bonds. The lowest BCUT2D eigenvalue weighted by Crippen LogP contribution is -2.35. The van der Waals surface area contributed by atoms with Crippen molar-refractivity contribution in [3.63, 3.8) is 0 Å². The largest absolute Gasteiger partial charge is 0.370 e. The standard InChI is InChI=1S/C13H22N4O/c1-4-7-16-13(18)10-17(3)11-6-8-15-12(9-11)14-5-2/h6,8-9H,4-5,7,10H2,1-3H3,(H,14,15)(H,16,18). The maximum absolute atomic E-state index is 11.6. The van der Waals surface area contributed by atoms with Crippen LogP contribution in [0.15, 0.2) is 18.3 Å². The van der Waals surface area contributed by atoms with Crippen molar-refractivity contribution in [2.75, 3.05) is 36.9 Å². The van der Waals surface area contributed by atoms with Crippen LogP contribution in [0, 0.1) is 0 Å². The van der Waals surface area contributed by atoms with Crippen LogP contribution < -0.4 is 15.5 Å². The molecule has 0 fully saturated rings. The number of likely N-dealkylation sites (N-methyl/N-ethyl adjacent to an activating group) is 1. The highest BCUT2D eigenvalue weighted by Gasteiger charge is 2.07. The van der Waals surface area contributed by atoms with Crippen LogP contribution in [0.5, 0.6) is 0 Å². The first kappa shape index (κ1) is 14.3. The average molecular weight is 250 g/mol. The van der Waals surface area contributed by atoms with Crippen LogP contribution in [0.2, 0.25) is 0 Å². The number of hydrogen-bond donors (Lipinski definition) is 2. The average Bonchev–Trinajstić information content (AvgIpc) is 2.37. The van der Waals surface area contributed by atoms with E-state index in [2.05, 4.69) is 15.6 Å². The summed E-state index contributed by atoms with van der Waals surface area (Å²) < 4.78 is 0. The Morgan fingerprint density at radius 2 is 2.22 bits per heavy atom. The Morgan fingerprint density at radius 3 is 2.89 bits per heavy atom. The SMILES string of the molecule is CCCNC(=O)CN(C)c1ccnc(NCC)c1. The summed E-state index contributed by atoms with van der Waals surface area (Å²) in [6, 6.07) is 3.84. The molecule has 0 bridgehead atoms. The molecule has 0 unspecified atom stereocenters. The minimum Gasteiger partial charge on any atom is -0.370 e. The minimum absolute atomic E-state index is 0.0427. The zero-order chi connectivity index (χ0) is 13.4. The van der Waals surface area contributed by atoms with Gasteiger partial charge in [0, 0.05) is 38.1 Å². The molecule has 0 aliphatic carbocycles. The molecule has 2 N–H and O–H groups in total. The second kappa shape index (κ2) is 7.53.